The maximum Gasteiger partial charge on any atom is 0.159 e. The van der Waals surface area contributed by atoms with E-state index in [1.807, 2.05) is 6.07 Å². The van der Waals surface area contributed by atoms with Gasteiger partial charge in [-0.25, -0.2) is 13.8 Å². The van der Waals surface area contributed by atoms with Gasteiger partial charge in [0.25, 0.3) is 0 Å². The van der Waals surface area contributed by atoms with Crippen molar-refractivity contribution in [3.63, 3.8) is 0 Å². The third-order valence-corrected chi connectivity index (χ3v) is 4.18. The number of benzene rings is 2. The molecule has 0 bridgehead atoms. The number of allylic oxidation sites excluding steroid dienone is 1. The molecule has 27 heavy (non-hydrogen) atoms. The van der Waals surface area contributed by atoms with E-state index in [1.54, 1.807) is 6.07 Å². The Morgan fingerprint density at radius 2 is 2.11 bits per heavy atom. The van der Waals surface area contributed by atoms with Gasteiger partial charge in [-0.2, -0.15) is 5.26 Å². The highest BCUT2D eigenvalue weighted by atomic mass is 19.1. The molecule has 0 spiro atoms. The fourth-order valence-corrected chi connectivity index (χ4v) is 2.87. The van der Waals surface area contributed by atoms with Gasteiger partial charge in [-0.1, -0.05) is 0 Å². The number of fused-ring (bicyclic) bond motifs is 1. The lowest BCUT2D eigenvalue weighted by molar-refractivity contribution is 0.101. The Bertz CT molecular complexity index is 1110. The Labute approximate surface area is 154 Å². The predicted molar refractivity (Wildman–Crippen MR) is 98.1 cm³/mol. The summed E-state index contributed by atoms with van der Waals surface area (Å²) in [6.45, 7) is 1.35. The minimum absolute atomic E-state index is 0.0657. The van der Waals surface area contributed by atoms with Crippen LogP contribution in [0.25, 0.3) is 22.2 Å². The lowest BCUT2D eigenvalue weighted by atomic mass is 9.98. The number of ketones is 1. The van der Waals surface area contributed by atoms with Crippen molar-refractivity contribution in [2.45, 2.75) is 13.5 Å². The van der Waals surface area contributed by atoms with Crippen LogP contribution in [0.4, 0.5) is 8.78 Å². The summed E-state index contributed by atoms with van der Waals surface area (Å²) < 4.78 is 29.9. The number of nitriles is 1. The Balaban J connectivity index is 2.24. The van der Waals surface area contributed by atoms with Gasteiger partial charge in [-0.05, 0) is 43.3 Å². The molecular formula is C20H16F2N4O. The van der Waals surface area contributed by atoms with Crippen LogP contribution in [-0.2, 0) is 6.54 Å². The molecule has 0 radical (unpaired) electrons. The largest absolute Gasteiger partial charge is 0.327 e. The minimum Gasteiger partial charge on any atom is -0.327 e. The number of nitrogens with two attached hydrogens (primary N) is 1. The average molecular weight is 366 g/mol. The number of hydrogen-bond acceptors (Lipinski definition) is 4. The fraction of sp³-hybridized carbons (Fsp3) is 0.150. The second-order valence-electron chi connectivity index (χ2n) is 6.01. The number of carbonyl (C=O) groups excluding carboxylic acids is 1. The molecule has 7 heteroatoms. The normalized spacial score (nSPS) is 11.6. The topological polar surface area (TPSA) is 84.7 Å². The van der Waals surface area contributed by atoms with Crippen LogP contribution in [0.5, 0.6) is 0 Å². The van der Waals surface area contributed by atoms with E-state index >= 15 is 0 Å². The van der Waals surface area contributed by atoms with Crippen LogP contribution in [0.3, 0.4) is 0 Å². The van der Waals surface area contributed by atoms with E-state index in [2.05, 4.69) is 4.98 Å². The molecule has 0 saturated carbocycles. The third kappa shape index (κ3) is 3.61. The number of imidazole rings is 1. The Morgan fingerprint density at radius 3 is 2.78 bits per heavy atom. The van der Waals surface area contributed by atoms with E-state index in [-0.39, 0.29) is 30.0 Å². The highest BCUT2D eigenvalue weighted by Crippen LogP contribution is 2.32. The Morgan fingerprint density at radius 1 is 1.33 bits per heavy atom. The number of hydrogen-bond donors (Lipinski definition) is 1. The number of Topliss-reactive ketones (excluding diaryl/α,β-unsaturated/α-hetero) is 1. The summed E-state index contributed by atoms with van der Waals surface area (Å²) in [4.78, 5) is 15.9. The van der Waals surface area contributed by atoms with Crippen molar-refractivity contribution in [2.24, 2.45) is 5.73 Å². The molecule has 3 rings (SSSR count). The SMILES string of the molecule is CC(=O)c1ccc(F)c(-c2cc(C#N)cc3c2ncn3CC(F)=CCN)c1. The van der Waals surface area contributed by atoms with E-state index in [0.717, 1.165) is 0 Å². The van der Waals surface area contributed by atoms with E-state index in [1.165, 1.54) is 48.2 Å². The van der Waals surface area contributed by atoms with Gasteiger partial charge < -0.3 is 10.3 Å². The lowest BCUT2D eigenvalue weighted by Gasteiger charge is -2.09. The van der Waals surface area contributed by atoms with Crippen molar-refractivity contribution in [2.75, 3.05) is 6.54 Å². The van der Waals surface area contributed by atoms with Gasteiger partial charge in [0.15, 0.2) is 5.78 Å². The number of carbonyl (C=O) groups is 1. The van der Waals surface area contributed by atoms with E-state index < -0.39 is 11.6 Å². The number of halogens is 2. The van der Waals surface area contributed by atoms with Crippen LogP contribution >= 0.6 is 0 Å². The summed E-state index contributed by atoms with van der Waals surface area (Å²) in [6, 6.07) is 9.13. The average Bonchev–Trinajstić information content (AvgIpc) is 3.04. The third-order valence-electron chi connectivity index (χ3n) is 4.18. The zero-order valence-corrected chi connectivity index (χ0v) is 14.5. The van der Waals surface area contributed by atoms with Crippen molar-refractivity contribution in [1.29, 1.82) is 5.26 Å². The summed E-state index contributed by atoms with van der Waals surface area (Å²) in [5.74, 6) is -1.19. The fourth-order valence-electron chi connectivity index (χ4n) is 2.87. The summed E-state index contributed by atoms with van der Waals surface area (Å²) >= 11 is 0. The van der Waals surface area contributed by atoms with Crippen molar-refractivity contribution >= 4 is 16.8 Å². The molecule has 1 heterocycles. The predicted octanol–water partition coefficient (Wildman–Crippen LogP) is 3.73. The van der Waals surface area contributed by atoms with Crippen LogP contribution in [-0.4, -0.2) is 21.9 Å². The van der Waals surface area contributed by atoms with Crippen molar-refractivity contribution < 1.29 is 13.6 Å². The summed E-state index contributed by atoms with van der Waals surface area (Å²) in [5, 5.41) is 9.35. The molecule has 2 N–H and O–H groups in total. The van der Waals surface area contributed by atoms with Gasteiger partial charge in [0, 0.05) is 23.2 Å². The molecule has 0 aliphatic carbocycles. The number of aromatic nitrogens is 2. The molecule has 5 nitrogen and oxygen atoms in total. The molecule has 0 aliphatic rings. The molecule has 0 saturated heterocycles. The van der Waals surface area contributed by atoms with E-state index in [9.17, 15) is 18.8 Å². The van der Waals surface area contributed by atoms with Crippen molar-refractivity contribution in [3.8, 4) is 17.2 Å². The number of rotatable bonds is 5. The highest BCUT2D eigenvalue weighted by molar-refractivity contribution is 5.98. The molecule has 2 aromatic carbocycles. The van der Waals surface area contributed by atoms with E-state index in [4.69, 9.17) is 5.73 Å². The Hall–Kier alpha value is -3.37. The number of nitrogens with zero attached hydrogens (tertiary/aromatic N) is 3. The lowest BCUT2D eigenvalue weighted by Crippen LogP contribution is -2.01. The van der Waals surface area contributed by atoms with Crippen molar-refractivity contribution in [3.05, 3.63) is 65.5 Å². The molecule has 0 atom stereocenters. The summed E-state index contributed by atoms with van der Waals surface area (Å²) in [6.07, 6.45) is 2.67. The summed E-state index contributed by atoms with van der Waals surface area (Å²) in [7, 11) is 0. The molecule has 0 aliphatic heterocycles. The van der Waals surface area contributed by atoms with Gasteiger partial charge in [-0.15, -0.1) is 0 Å². The second-order valence-corrected chi connectivity index (χ2v) is 6.01. The van der Waals surface area contributed by atoms with Gasteiger partial charge >= 0.3 is 0 Å². The standard InChI is InChI=1S/C20H16F2N4O/c1-12(27)14-2-3-18(22)16(8-14)17-6-13(9-24)7-19-20(17)25-11-26(19)10-15(21)4-5-23/h2-4,6-8,11H,5,10,23H2,1H3. The van der Waals surface area contributed by atoms with Crippen molar-refractivity contribution in [1.82, 2.24) is 9.55 Å². The van der Waals surface area contributed by atoms with Gasteiger partial charge in [-0.3, -0.25) is 4.79 Å². The zero-order chi connectivity index (χ0) is 19.6. The van der Waals surface area contributed by atoms with E-state index in [0.29, 0.717) is 22.2 Å². The molecule has 0 amide bonds. The van der Waals surface area contributed by atoms with Crippen LogP contribution in [0, 0.1) is 17.1 Å². The second kappa shape index (κ2) is 7.48. The maximum atomic E-state index is 14.5. The molecule has 3 aromatic rings. The summed E-state index contributed by atoms with van der Waals surface area (Å²) in [5.41, 5.74) is 7.36. The monoisotopic (exact) mass is 366 g/mol. The molecule has 0 fully saturated rings. The van der Waals surface area contributed by atoms with Gasteiger partial charge in [0.2, 0.25) is 0 Å². The molecular weight excluding hydrogens is 350 g/mol. The first-order valence-corrected chi connectivity index (χ1v) is 8.19. The van der Waals surface area contributed by atoms with Crippen LogP contribution < -0.4 is 5.73 Å². The van der Waals surface area contributed by atoms with Gasteiger partial charge in [0.1, 0.15) is 11.6 Å². The first-order chi connectivity index (χ1) is 12.9. The van der Waals surface area contributed by atoms with Gasteiger partial charge in [0.05, 0.1) is 35.5 Å². The zero-order valence-electron chi connectivity index (χ0n) is 14.5. The molecule has 0 unspecified atom stereocenters. The van der Waals surface area contributed by atoms with Crippen LogP contribution in [0.1, 0.15) is 22.8 Å². The first-order valence-electron chi connectivity index (χ1n) is 8.19. The van der Waals surface area contributed by atoms with Crippen LogP contribution in [0.15, 0.2) is 48.6 Å². The molecule has 136 valence electrons. The molecule has 1 aromatic heterocycles. The quantitative estimate of drug-likeness (QED) is 0.697. The minimum atomic E-state index is -0.542. The maximum absolute atomic E-state index is 14.5. The Kier molecular flexibility index (Phi) is 5.10. The first kappa shape index (κ1) is 18.4. The highest BCUT2D eigenvalue weighted by Gasteiger charge is 2.16. The smallest absolute Gasteiger partial charge is 0.159 e. The van der Waals surface area contributed by atoms with Crippen LogP contribution in [0.2, 0.25) is 0 Å².